The zero-order valence-corrected chi connectivity index (χ0v) is 10.2. The van der Waals surface area contributed by atoms with Crippen LogP contribution in [0.2, 0.25) is 0 Å². The molecule has 2 heteroatoms. The minimum atomic E-state index is -0.221. The molecule has 0 aromatic heterocycles. The summed E-state index contributed by atoms with van der Waals surface area (Å²) >= 11 is 0. The average Bonchev–Trinajstić information content (AvgIpc) is 2.12. The fourth-order valence-corrected chi connectivity index (χ4v) is 1.25. The van der Waals surface area contributed by atoms with Gasteiger partial charge in [0.15, 0.2) is 0 Å². The lowest BCUT2D eigenvalue weighted by atomic mass is 10.0. The van der Waals surface area contributed by atoms with E-state index in [1.165, 1.54) is 12.5 Å². The quantitative estimate of drug-likeness (QED) is 0.495. The molecule has 0 rings (SSSR count). The highest BCUT2D eigenvalue weighted by atomic mass is 16.5. The van der Waals surface area contributed by atoms with Crippen LogP contribution in [0.4, 0.5) is 0 Å². The lowest BCUT2D eigenvalue weighted by Gasteiger charge is -2.18. The van der Waals surface area contributed by atoms with E-state index < -0.39 is 0 Å². The summed E-state index contributed by atoms with van der Waals surface area (Å²) in [5.41, 5.74) is 1.25. The van der Waals surface area contributed by atoms with Gasteiger partial charge < -0.3 is 4.74 Å². The van der Waals surface area contributed by atoms with E-state index in [1.54, 1.807) is 0 Å². The third-order valence-corrected chi connectivity index (χ3v) is 2.15. The zero-order valence-electron chi connectivity index (χ0n) is 10.2. The van der Waals surface area contributed by atoms with Crippen LogP contribution in [-0.2, 0) is 9.53 Å². The maximum atomic E-state index is 10.9. The topological polar surface area (TPSA) is 26.3 Å². The van der Waals surface area contributed by atoms with Gasteiger partial charge in [0.1, 0.15) is 6.10 Å². The van der Waals surface area contributed by atoms with Gasteiger partial charge in [-0.2, -0.15) is 0 Å². The number of carbonyl (C=O) groups excluding carboxylic acids is 1. The van der Waals surface area contributed by atoms with Gasteiger partial charge in [0.2, 0.25) is 0 Å². The van der Waals surface area contributed by atoms with Gasteiger partial charge in [-0.1, -0.05) is 25.5 Å². The van der Waals surface area contributed by atoms with Crippen LogP contribution in [0.1, 0.15) is 40.5 Å². The second-order valence-corrected chi connectivity index (χ2v) is 4.16. The summed E-state index contributed by atoms with van der Waals surface area (Å²) in [5, 5.41) is 0. The largest absolute Gasteiger partial charge is 0.458 e. The Bertz CT molecular complexity index is 239. The van der Waals surface area contributed by atoms with Crippen LogP contribution >= 0.6 is 0 Å². The number of ether oxygens (including phenoxy) is 1. The lowest BCUT2D eigenvalue weighted by molar-refractivity contribution is -0.145. The summed E-state index contributed by atoms with van der Waals surface area (Å²) in [5.74, 6) is 0.0917. The van der Waals surface area contributed by atoms with Crippen LogP contribution in [0, 0.1) is 5.92 Å². The Kier molecular flexibility index (Phi) is 6.76. The number of hydrogen-bond donors (Lipinski definition) is 0. The van der Waals surface area contributed by atoms with Crippen molar-refractivity contribution in [3.05, 3.63) is 24.3 Å². The van der Waals surface area contributed by atoms with Crippen molar-refractivity contribution in [2.45, 2.75) is 46.6 Å². The number of allylic oxidation sites excluding steroid dienone is 2. The third-order valence-electron chi connectivity index (χ3n) is 2.15. The molecule has 0 fully saturated rings. The first kappa shape index (κ1) is 13.9. The molecule has 0 aliphatic heterocycles. The van der Waals surface area contributed by atoms with Gasteiger partial charge in [-0.05, 0) is 31.8 Å². The SMILES string of the molecule is C=CCC/C(C)=C/[C@@H](OC(C)=O)C(C)C. The maximum Gasteiger partial charge on any atom is 0.303 e. The van der Waals surface area contributed by atoms with Crippen LogP contribution < -0.4 is 0 Å². The minimum absolute atomic E-state index is 0.104. The first-order chi connectivity index (χ1) is 6.97. The van der Waals surface area contributed by atoms with Crippen molar-refractivity contribution >= 4 is 5.97 Å². The van der Waals surface area contributed by atoms with Crippen molar-refractivity contribution in [2.75, 3.05) is 0 Å². The fraction of sp³-hybridized carbons (Fsp3) is 0.615. The van der Waals surface area contributed by atoms with Gasteiger partial charge >= 0.3 is 5.97 Å². The van der Waals surface area contributed by atoms with Crippen molar-refractivity contribution < 1.29 is 9.53 Å². The van der Waals surface area contributed by atoms with Crippen LogP contribution in [0.5, 0.6) is 0 Å². The summed E-state index contributed by atoms with van der Waals surface area (Å²) in [6, 6.07) is 0. The average molecular weight is 210 g/mol. The third kappa shape index (κ3) is 6.95. The van der Waals surface area contributed by atoms with E-state index >= 15 is 0 Å². The summed E-state index contributed by atoms with van der Waals surface area (Å²) < 4.78 is 5.22. The Hall–Kier alpha value is -1.05. The summed E-state index contributed by atoms with van der Waals surface area (Å²) in [4.78, 5) is 10.9. The van der Waals surface area contributed by atoms with Gasteiger partial charge in [-0.15, -0.1) is 6.58 Å². The van der Waals surface area contributed by atoms with Gasteiger partial charge in [-0.3, -0.25) is 4.79 Å². The Morgan fingerprint density at radius 2 is 2.00 bits per heavy atom. The van der Waals surface area contributed by atoms with E-state index in [9.17, 15) is 4.79 Å². The summed E-state index contributed by atoms with van der Waals surface area (Å²) in [7, 11) is 0. The fourth-order valence-electron chi connectivity index (χ4n) is 1.25. The van der Waals surface area contributed by atoms with E-state index in [0.717, 1.165) is 12.8 Å². The number of hydrogen-bond acceptors (Lipinski definition) is 2. The first-order valence-electron chi connectivity index (χ1n) is 5.42. The Balaban J connectivity index is 4.36. The molecule has 0 N–H and O–H groups in total. The molecule has 0 aromatic carbocycles. The smallest absolute Gasteiger partial charge is 0.303 e. The summed E-state index contributed by atoms with van der Waals surface area (Å²) in [6.07, 6.45) is 5.77. The molecule has 86 valence electrons. The molecule has 2 nitrogen and oxygen atoms in total. The monoisotopic (exact) mass is 210 g/mol. The van der Waals surface area contributed by atoms with E-state index in [4.69, 9.17) is 4.74 Å². The molecule has 0 bridgehead atoms. The van der Waals surface area contributed by atoms with Crippen LogP contribution in [0.15, 0.2) is 24.3 Å². The van der Waals surface area contributed by atoms with Crippen LogP contribution in [0.25, 0.3) is 0 Å². The Labute approximate surface area is 93.0 Å². The number of esters is 1. The van der Waals surface area contributed by atoms with E-state index in [0.29, 0.717) is 5.92 Å². The number of carbonyl (C=O) groups is 1. The Morgan fingerprint density at radius 1 is 1.40 bits per heavy atom. The van der Waals surface area contributed by atoms with Crippen LogP contribution in [-0.4, -0.2) is 12.1 Å². The minimum Gasteiger partial charge on any atom is -0.458 e. The molecule has 0 amide bonds. The molecular weight excluding hydrogens is 188 g/mol. The van der Waals surface area contributed by atoms with Crippen molar-refractivity contribution in [2.24, 2.45) is 5.92 Å². The predicted octanol–water partition coefficient (Wildman–Crippen LogP) is 3.49. The summed E-state index contributed by atoms with van der Waals surface area (Å²) in [6.45, 7) is 11.3. The Morgan fingerprint density at radius 3 is 2.40 bits per heavy atom. The molecule has 0 saturated carbocycles. The highest BCUT2D eigenvalue weighted by Gasteiger charge is 2.13. The van der Waals surface area contributed by atoms with Gasteiger partial charge in [0, 0.05) is 6.92 Å². The van der Waals surface area contributed by atoms with Gasteiger partial charge in [0.05, 0.1) is 0 Å². The van der Waals surface area contributed by atoms with Gasteiger partial charge in [-0.25, -0.2) is 0 Å². The van der Waals surface area contributed by atoms with E-state index in [-0.39, 0.29) is 12.1 Å². The van der Waals surface area contributed by atoms with Crippen LogP contribution in [0.3, 0.4) is 0 Å². The van der Waals surface area contributed by atoms with Crippen molar-refractivity contribution in [1.29, 1.82) is 0 Å². The molecule has 0 unspecified atom stereocenters. The number of rotatable bonds is 6. The second kappa shape index (κ2) is 7.27. The molecule has 0 radical (unpaired) electrons. The molecule has 0 spiro atoms. The second-order valence-electron chi connectivity index (χ2n) is 4.16. The molecule has 15 heavy (non-hydrogen) atoms. The molecule has 0 saturated heterocycles. The van der Waals surface area contributed by atoms with Crippen molar-refractivity contribution in [3.63, 3.8) is 0 Å². The van der Waals surface area contributed by atoms with Crippen molar-refractivity contribution in [1.82, 2.24) is 0 Å². The highest BCUT2D eigenvalue weighted by molar-refractivity contribution is 5.66. The zero-order chi connectivity index (χ0) is 11.8. The molecule has 0 aromatic rings. The molecular formula is C13H22O2. The standard InChI is InChI=1S/C13H22O2/c1-6-7-8-11(4)9-13(10(2)3)15-12(5)14/h6,9-10,13H,1,7-8H2,2-5H3/b11-9+/t13-/m1/s1. The first-order valence-corrected chi connectivity index (χ1v) is 5.42. The predicted molar refractivity (Wildman–Crippen MR) is 63.6 cm³/mol. The molecule has 0 heterocycles. The van der Waals surface area contributed by atoms with E-state index in [2.05, 4.69) is 13.5 Å². The molecule has 0 aliphatic rings. The van der Waals surface area contributed by atoms with Crippen molar-refractivity contribution in [3.8, 4) is 0 Å². The molecule has 1 atom stereocenters. The normalized spacial score (nSPS) is 13.8. The van der Waals surface area contributed by atoms with Gasteiger partial charge in [0.25, 0.3) is 0 Å². The lowest BCUT2D eigenvalue weighted by Crippen LogP contribution is -2.20. The molecule has 0 aliphatic carbocycles. The van der Waals surface area contributed by atoms with E-state index in [1.807, 2.05) is 26.0 Å². The maximum absolute atomic E-state index is 10.9. The highest BCUT2D eigenvalue weighted by Crippen LogP contribution is 2.13.